The van der Waals surface area contributed by atoms with Crippen LogP contribution in [0.3, 0.4) is 0 Å². The van der Waals surface area contributed by atoms with Gasteiger partial charge in [-0.25, -0.2) is 0 Å². The summed E-state index contributed by atoms with van der Waals surface area (Å²) in [6.07, 6.45) is 3.40. The number of phenols is 2. The van der Waals surface area contributed by atoms with Crippen molar-refractivity contribution in [1.29, 1.82) is 0 Å². The van der Waals surface area contributed by atoms with Crippen molar-refractivity contribution in [2.24, 2.45) is 10.2 Å². The largest absolute Gasteiger partial charge is 0.505 e. The van der Waals surface area contributed by atoms with Crippen molar-refractivity contribution in [3.8, 4) is 11.5 Å². The molecule has 0 radical (unpaired) electrons. The van der Waals surface area contributed by atoms with Gasteiger partial charge in [-0.05, 0) is 37.3 Å². The average molecular weight is 399 g/mol. The number of nitro groups is 2. The van der Waals surface area contributed by atoms with E-state index in [0.29, 0.717) is 12.5 Å². The van der Waals surface area contributed by atoms with Crippen LogP contribution in [-0.4, -0.2) is 33.1 Å². The van der Waals surface area contributed by atoms with Gasteiger partial charge in [0.15, 0.2) is 0 Å². The Bertz CT molecular complexity index is 1070. The second-order valence-corrected chi connectivity index (χ2v) is 6.97. The Balaban J connectivity index is 1.79. The van der Waals surface area contributed by atoms with Crippen molar-refractivity contribution >= 4 is 28.4 Å². The maximum absolute atomic E-state index is 11.1. The molecule has 0 aromatic heterocycles. The molecule has 0 amide bonds. The molecular formula is C18H17N5O6. The molecule has 2 N–H and O–H groups in total. The van der Waals surface area contributed by atoms with Crippen LogP contribution >= 0.6 is 0 Å². The number of benzene rings is 2. The van der Waals surface area contributed by atoms with Gasteiger partial charge < -0.3 is 15.1 Å². The lowest BCUT2D eigenvalue weighted by Crippen LogP contribution is -2.34. The Hall–Kier alpha value is -3.76. The Morgan fingerprint density at radius 1 is 0.897 bits per heavy atom. The zero-order valence-electron chi connectivity index (χ0n) is 15.2. The first-order valence-corrected chi connectivity index (χ1v) is 9.07. The number of phenolic OH excluding ortho intramolecular Hbond substituents is 2. The number of nitrogens with zero attached hydrogens (tertiary/aromatic N) is 5. The van der Waals surface area contributed by atoms with Gasteiger partial charge in [0.1, 0.15) is 17.1 Å². The van der Waals surface area contributed by atoms with Crippen molar-refractivity contribution in [2.75, 3.05) is 18.0 Å². The summed E-state index contributed by atoms with van der Waals surface area (Å²) in [5.74, 6) is -0.854. The molecule has 2 aliphatic rings. The van der Waals surface area contributed by atoms with Crippen LogP contribution in [0.2, 0.25) is 0 Å². The Kier molecular flexibility index (Phi) is 4.49. The molecule has 0 fully saturated rings. The fraction of sp³-hybridized carbons (Fsp3) is 0.333. The van der Waals surface area contributed by atoms with E-state index in [-0.39, 0.29) is 11.4 Å². The van der Waals surface area contributed by atoms with E-state index in [1.165, 1.54) is 0 Å². The topological polar surface area (TPSA) is 155 Å². The van der Waals surface area contributed by atoms with Crippen LogP contribution in [0.1, 0.15) is 24.0 Å². The fourth-order valence-corrected chi connectivity index (χ4v) is 3.92. The second kappa shape index (κ2) is 7.00. The molecule has 0 spiro atoms. The molecule has 29 heavy (non-hydrogen) atoms. The van der Waals surface area contributed by atoms with Crippen molar-refractivity contribution in [3.63, 3.8) is 0 Å². The molecule has 11 nitrogen and oxygen atoms in total. The zero-order chi connectivity index (χ0) is 20.7. The minimum atomic E-state index is -0.934. The van der Waals surface area contributed by atoms with E-state index < -0.39 is 32.7 Å². The van der Waals surface area contributed by atoms with Crippen LogP contribution in [0.5, 0.6) is 11.5 Å². The van der Waals surface area contributed by atoms with E-state index in [1.807, 2.05) is 0 Å². The van der Waals surface area contributed by atoms with Crippen molar-refractivity contribution in [3.05, 3.63) is 49.6 Å². The summed E-state index contributed by atoms with van der Waals surface area (Å²) in [4.78, 5) is 22.6. The highest BCUT2D eigenvalue weighted by molar-refractivity contribution is 5.74. The smallest absolute Gasteiger partial charge is 0.319 e. The number of rotatable bonds is 4. The van der Waals surface area contributed by atoms with Gasteiger partial charge in [-0.15, -0.1) is 10.2 Å². The van der Waals surface area contributed by atoms with E-state index >= 15 is 0 Å². The lowest BCUT2D eigenvalue weighted by Gasteiger charge is -2.37. The number of anilines is 1. The number of aryl methyl sites for hydroxylation is 1. The highest BCUT2D eigenvalue weighted by Gasteiger charge is 2.28. The summed E-state index contributed by atoms with van der Waals surface area (Å²) < 4.78 is 0. The fourth-order valence-electron chi connectivity index (χ4n) is 3.92. The van der Waals surface area contributed by atoms with Crippen molar-refractivity contribution in [1.82, 2.24) is 0 Å². The first-order valence-electron chi connectivity index (χ1n) is 9.07. The standard InChI is InChI=1S/C18H17N5O6/c24-17-12-4-2-6-21-5-1-3-10(16(12)21)7-13(17)19-20-14-8-11(22(26)27)9-15(18(14)25)23(28)29/h7-9,24-25H,1-6H2. The van der Waals surface area contributed by atoms with Gasteiger partial charge >= 0.3 is 5.69 Å². The predicted octanol–water partition coefficient (Wildman–Crippen LogP) is 4.03. The molecule has 150 valence electrons. The molecule has 4 rings (SSSR count). The number of aromatic hydroxyl groups is 2. The highest BCUT2D eigenvalue weighted by atomic mass is 16.6. The van der Waals surface area contributed by atoms with Gasteiger partial charge in [0.2, 0.25) is 5.75 Å². The first kappa shape index (κ1) is 18.6. The van der Waals surface area contributed by atoms with Crippen LogP contribution in [0.4, 0.5) is 28.4 Å². The summed E-state index contributed by atoms with van der Waals surface area (Å²) in [6.45, 7) is 1.87. The van der Waals surface area contributed by atoms with Crippen molar-refractivity contribution in [2.45, 2.75) is 25.7 Å². The molecule has 0 saturated carbocycles. The van der Waals surface area contributed by atoms with E-state index in [1.54, 1.807) is 6.07 Å². The summed E-state index contributed by atoms with van der Waals surface area (Å²) in [6, 6.07) is 3.26. The number of hydrogen-bond acceptors (Lipinski definition) is 9. The number of nitro benzene ring substituents is 2. The maximum atomic E-state index is 11.1. The van der Waals surface area contributed by atoms with Gasteiger partial charge in [-0.2, -0.15) is 0 Å². The third kappa shape index (κ3) is 3.20. The predicted molar refractivity (Wildman–Crippen MR) is 103 cm³/mol. The molecular weight excluding hydrogens is 382 g/mol. The van der Waals surface area contributed by atoms with Crippen LogP contribution in [0.25, 0.3) is 0 Å². The van der Waals surface area contributed by atoms with Gasteiger partial charge in [0.25, 0.3) is 5.69 Å². The molecule has 2 aliphatic heterocycles. The first-order chi connectivity index (χ1) is 13.9. The lowest BCUT2D eigenvalue weighted by atomic mass is 9.90. The Morgan fingerprint density at radius 2 is 1.55 bits per heavy atom. The SMILES string of the molecule is O=[N+]([O-])c1cc(N=Nc2cc3c4c(c2O)CCCN4CCC3)c(O)c([N+](=O)[O-])c1. The molecule has 2 aromatic rings. The monoisotopic (exact) mass is 399 g/mol. The third-order valence-corrected chi connectivity index (χ3v) is 5.20. The van der Waals surface area contributed by atoms with Gasteiger partial charge in [0, 0.05) is 30.4 Å². The third-order valence-electron chi connectivity index (χ3n) is 5.20. The summed E-state index contributed by atoms with van der Waals surface area (Å²) in [5.41, 5.74) is 1.17. The van der Waals surface area contributed by atoms with Gasteiger partial charge in [-0.3, -0.25) is 20.2 Å². The normalized spacial score (nSPS) is 15.4. The molecule has 0 saturated heterocycles. The molecule has 0 unspecified atom stereocenters. The summed E-state index contributed by atoms with van der Waals surface area (Å²) in [7, 11) is 0. The van der Waals surface area contributed by atoms with Crippen LogP contribution in [0, 0.1) is 20.2 Å². The average Bonchev–Trinajstić information content (AvgIpc) is 2.70. The summed E-state index contributed by atoms with van der Waals surface area (Å²) in [5, 5.41) is 50.6. The second-order valence-electron chi connectivity index (χ2n) is 6.97. The van der Waals surface area contributed by atoms with Crippen LogP contribution < -0.4 is 4.90 Å². The quantitative estimate of drug-likeness (QED) is 0.447. The molecule has 0 aliphatic carbocycles. The summed E-state index contributed by atoms with van der Waals surface area (Å²) >= 11 is 0. The number of hydrogen-bond donors (Lipinski definition) is 2. The van der Waals surface area contributed by atoms with E-state index in [0.717, 1.165) is 55.2 Å². The molecule has 2 heterocycles. The van der Waals surface area contributed by atoms with Crippen LogP contribution in [0.15, 0.2) is 28.4 Å². The van der Waals surface area contributed by atoms with E-state index in [2.05, 4.69) is 15.1 Å². The molecule has 2 aromatic carbocycles. The lowest BCUT2D eigenvalue weighted by molar-refractivity contribution is -0.394. The van der Waals surface area contributed by atoms with Crippen LogP contribution in [-0.2, 0) is 12.8 Å². The van der Waals surface area contributed by atoms with E-state index in [9.17, 15) is 30.4 Å². The molecule has 0 atom stereocenters. The molecule has 0 bridgehead atoms. The highest BCUT2D eigenvalue weighted by Crippen LogP contribution is 2.46. The van der Waals surface area contributed by atoms with E-state index in [4.69, 9.17) is 0 Å². The zero-order valence-corrected chi connectivity index (χ0v) is 15.2. The number of non-ortho nitro benzene ring substituents is 1. The maximum Gasteiger partial charge on any atom is 0.319 e. The minimum absolute atomic E-state index is 0.0291. The molecule has 11 heteroatoms. The number of azo groups is 1. The minimum Gasteiger partial charge on any atom is -0.505 e. The van der Waals surface area contributed by atoms with Gasteiger partial charge in [0.05, 0.1) is 15.9 Å². The van der Waals surface area contributed by atoms with Gasteiger partial charge in [-0.1, -0.05) is 0 Å². The van der Waals surface area contributed by atoms with Crippen molar-refractivity contribution < 1.29 is 20.1 Å². The Labute approximate surface area is 164 Å². The Morgan fingerprint density at radius 3 is 2.21 bits per heavy atom.